The molecule has 1 aromatic heterocycles. The molecule has 0 atom stereocenters. The van der Waals surface area contributed by atoms with E-state index in [0.717, 1.165) is 0 Å². The highest BCUT2D eigenvalue weighted by molar-refractivity contribution is 5.94. The summed E-state index contributed by atoms with van der Waals surface area (Å²) in [7, 11) is 0. The number of aromatic nitrogens is 1. The van der Waals surface area contributed by atoms with Crippen molar-refractivity contribution in [1.82, 2.24) is 4.98 Å². The second-order valence-corrected chi connectivity index (χ2v) is 3.97. The molecule has 0 radical (unpaired) electrons. The van der Waals surface area contributed by atoms with Crippen molar-refractivity contribution in [2.45, 2.75) is 26.9 Å². The van der Waals surface area contributed by atoms with Crippen LogP contribution in [0.1, 0.15) is 31.1 Å². The van der Waals surface area contributed by atoms with E-state index in [0.29, 0.717) is 31.1 Å². The van der Waals surface area contributed by atoms with Crippen LogP contribution >= 0.6 is 0 Å². The zero-order chi connectivity index (χ0) is 13.4. The fourth-order valence-electron chi connectivity index (χ4n) is 1.38. The number of esters is 1. The molecule has 0 saturated heterocycles. The summed E-state index contributed by atoms with van der Waals surface area (Å²) >= 11 is 0. The highest BCUT2D eigenvalue weighted by atomic mass is 16.5. The fraction of sp³-hybridized carbons (Fsp3) is 0.538. The Hall–Kier alpha value is -1.62. The second kappa shape index (κ2) is 7.66. The summed E-state index contributed by atoms with van der Waals surface area (Å²) in [5.74, 6) is 0.168. The summed E-state index contributed by atoms with van der Waals surface area (Å²) in [4.78, 5) is 15.8. The Kier molecular flexibility index (Phi) is 6.14. The van der Waals surface area contributed by atoms with Crippen LogP contribution in [0, 0.1) is 0 Å². The lowest BCUT2D eigenvalue weighted by Crippen LogP contribution is -2.16. The summed E-state index contributed by atoms with van der Waals surface area (Å²) in [5.41, 5.74) is 0.448. The van der Waals surface area contributed by atoms with Gasteiger partial charge < -0.3 is 14.8 Å². The minimum absolute atomic E-state index is 0.194. The van der Waals surface area contributed by atoms with Crippen molar-refractivity contribution in [2.75, 3.05) is 25.1 Å². The van der Waals surface area contributed by atoms with Gasteiger partial charge in [-0.1, -0.05) is 0 Å². The van der Waals surface area contributed by atoms with Gasteiger partial charge in [-0.3, -0.25) is 0 Å². The number of hydrogen-bond acceptors (Lipinski definition) is 5. The van der Waals surface area contributed by atoms with Crippen LogP contribution < -0.4 is 5.32 Å². The Bertz CT molecular complexity index is 380. The maximum atomic E-state index is 11.7. The van der Waals surface area contributed by atoms with E-state index in [4.69, 9.17) is 9.47 Å². The quantitative estimate of drug-likeness (QED) is 0.595. The van der Waals surface area contributed by atoms with Gasteiger partial charge in [0.05, 0.1) is 19.3 Å². The van der Waals surface area contributed by atoms with Crippen LogP contribution in [0.2, 0.25) is 0 Å². The fourth-order valence-corrected chi connectivity index (χ4v) is 1.38. The SMILES string of the molecule is CCOC(=O)c1cccnc1NCCOC(C)C. The minimum Gasteiger partial charge on any atom is -0.462 e. The van der Waals surface area contributed by atoms with E-state index in [1.165, 1.54) is 0 Å². The van der Waals surface area contributed by atoms with Crippen molar-refractivity contribution in [3.8, 4) is 0 Å². The molecule has 0 amide bonds. The summed E-state index contributed by atoms with van der Waals surface area (Å²) in [6, 6.07) is 3.40. The molecule has 0 spiro atoms. The Labute approximate surface area is 108 Å². The van der Waals surface area contributed by atoms with E-state index in [9.17, 15) is 4.79 Å². The van der Waals surface area contributed by atoms with Gasteiger partial charge in [-0.15, -0.1) is 0 Å². The monoisotopic (exact) mass is 252 g/mol. The molecule has 0 aliphatic rings. The van der Waals surface area contributed by atoms with Gasteiger partial charge in [0.15, 0.2) is 0 Å². The zero-order valence-electron chi connectivity index (χ0n) is 11.1. The lowest BCUT2D eigenvalue weighted by atomic mass is 10.2. The number of pyridine rings is 1. The van der Waals surface area contributed by atoms with Crippen molar-refractivity contribution < 1.29 is 14.3 Å². The van der Waals surface area contributed by atoms with Gasteiger partial charge in [0.25, 0.3) is 0 Å². The van der Waals surface area contributed by atoms with Gasteiger partial charge in [-0.2, -0.15) is 0 Å². The first-order valence-electron chi connectivity index (χ1n) is 6.12. The van der Waals surface area contributed by atoms with Crippen molar-refractivity contribution in [2.24, 2.45) is 0 Å². The first-order chi connectivity index (χ1) is 8.65. The molecule has 1 rings (SSSR count). The topological polar surface area (TPSA) is 60.5 Å². The number of carbonyl (C=O) groups is 1. The highest BCUT2D eigenvalue weighted by Gasteiger charge is 2.12. The maximum Gasteiger partial charge on any atom is 0.341 e. The molecule has 0 bridgehead atoms. The molecule has 18 heavy (non-hydrogen) atoms. The average Bonchev–Trinajstić information content (AvgIpc) is 2.35. The number of nitrogens with zero attached hydrogens (tertiary/aromatic N) is 1. The highest BCUT2D eigenvalue weighted by Crippen LogP contribution is 2.12. The lowest BCUT2D eigenvalue weighted by Gasteiger charge is -2.11. The van der Waals surface area contributed by atoms with Crippen molar-refractivity contribution in [3.05, 3.63) is 23.9 Å². The first-order valence-corrected chi connectivity index (χ1v) is 6.12. The molecule has 0 aliphatic carbocycles. The predicted octanol–water partition coefficient (Wildman–Crippen LogP) is 2.10. The van der Waals surface area contributed by atoms with Crippen molar-refractivity contribution >= 4 is 11.8 Å². The van der Waals surface area contributed by atoms with Crippen LogP contribution in [0.5, 0.6) is 0 Å². The molecule has 0 aliphatic heterocycles. The Morgan fingerprint density at radius 2 is 2.28 bits per heavy atom. The molecule has 1 heterocycles. The number of nitrogens with one attached hydrogen (secondary N) is 1. The van der Waals surface area contributed by atoms with E-state index in [1.807, 2.05) is 13.8 Å². The molecule has 1 N–H and O–H groups in total. The molecule has 0 fully saturated rings. The lowest BCUT2D eigenvalue weighted by molar-refractivity contribution is 0.0526. The van der Waals surface area contributed by atoms with Gasteiger partial charge in [0, 0.05) is 12.7 Å². The molecule has 0 aromatic carbocycles. The first kappa shape index (κ1) is 14.4. The summed E-state index contributed by atoms with van der Waals surface area (Å²) in [6.07, 6.45) is 1.83. The smallest absolute Gasteiger partial charge is 0.341 e. The molecule has 0 saturated carbocycles. The number of carbonyl (C=O) groups excluding carboxylic acids is 1. The Balaban J connectivity index is 2.56. The molecule has 5 nitrogen and oxygen atoms in total. The Morgan fingerprint density at radius 1 is 1.50 bits per heavy atom. The third-order valence-corrected chi connectivity index (χ3v) is 2.15. The summed E-state index contributed by atoms with van der Waals surface area (Å²) in [6.45, 7) is 7.25. The number of anilines is 1. The minimum atomic E-state index is -0.363. The summed E-state index contributed by atoms with van der Waals surface area (Å²) in [5, 5.41) is 3.07. The van der Waals surface area contributed by atoms with Crippen LogP contribution in [0.3, 0.4) is 0 Å². The molecule has 100 valence electrons. The van der Waals surface area contributed by atoms with Gasteiger partial charge in [0.2, 0.25) is 0 Å². The largest absolute Gasteiger partial charge is 0.462 e. The van der Waals surface area contributed by atoms with Crippen LogP contribution in [-0.4, -0.2) is 36.8 Å². The molecular formula is C13H20N2O3. The zero-order valence-corrected chi connectivity index (χ0v) is 11.1. The molecule has 5 heteroatoms. The van der Waals surface area contributed by atoms with E-state index < -0.39 is 0 Å². The normalized spacial score (nSPS) is 10.4. The number of rotatable bonds is 7. The van der Waals surface area contributed by atoms with Gasteiger partial charge in [-0.25, -0.2) is 9.78 Å². The van der Waals surface area contributed by atoms with Gasteiger partial charge in [0.1, 0.15) is 11.4 Å². The molecule has 0 unspecified atom stereocenters. The Morgan fingerprint density at radius 3 is 2.94 bits per heavy atom. The summed E-state index contributed by atoms with van der Waals surface area (Å²) < 4.78 is 10.4. The second-order valence-electron chi connectivity index (χ2n) is 3.97. The van der Waals surface area contributed by atoms with Crippen LogP contribution in [0.25, 0.3) is 0 Å². The number of ether oxygens (including phenoxy) is 2. The third kappa shape index (κ3) is 4.71. The van der Waals surface area contributed by atoms with Crippen LogP contribution in [0.4, 0.5) is 5.82 Å². The third-order valence-electron chi connectivity index (χ3n) is 2.15. The van der Waals surface area contributed by atoms with E-state index in [1.54, 1.807) is 25.3 Å². The predicted molar refractivity (Wildman–Crippen MR) is 69.8 cm³/mol. The van der Waals surface area contributed by atoms with E-state index in [2.05, 4.69) is 10.3 Å². The van der Waals surface area contributed by atoms with Gasteiger partial charge in [-0.05, 0) is 32.9 Å². The maximum absolute atomic E-state index is 11.7. The van der Waals surface area contributed by atoms with Crippen LogP contribution in [0.15, 0.2) is 18.3 Å². The van der Waals surface area contributed by atoms with Gasteiger partial charge >= 0.3 is 5.97 Å². The van der Waals surface area contributed by atoms with Crippen molar-refractivity contribution in [1.29, 1.82) is 0 Å². The van der Waals surface area contributed by atoms with E-state index in [-0.39, 0.29) is 12.1 Å². The van der Waals surface area contributed by atoms with E-state index >= 15 is 0 Å². The average molecular weight is 252 g/mol. The standard InChI is InChI=1S/C13H20N2O3/c1-4-17-13(16)11-6-5-7-14-12(11)15-8-9-18-10(2)3/h5-7,10H,4,8-9H2,1-3H3,(H,14,15). The van der Waals surface area contributed by atoms with Crippen molar-refractivity contribution in [3.63, 3.8) is 0 Å². The van der Waals surface area contributed by atoms with Crippen LogP contribution in [-0.2, 0) is 9.47 Å². The molecular weight excluding hydrogens is 232 g/mol. The number of hydrogen-bond donors (Lipinski definition) is 1. The molecule has 1 aromatic rings.